The highest BCUT2D eigenvalue weighted by Crippen LogP contribution is 2.14. The van der Waals surface area contributed by atoms with Gasteiger partial charge in [0.2, 0.25) is 0 Å². The minimum atomic E-state index is -0.609. The molecule has 0 aliphatic heterocycles. The second-order valence-electron chi connectivity index (χ2n) is 2.56. The average molecular weight is 166 g/mol. The first-order valence-corrected chi connectivity index (χ1v) is 4.09. The van der Waals surface area contributed by atoms with Crippen LogP contribution in [0.25, 0.3) is 0 Å². The maximum atomic E-state index is 10.7. The monoisotopic (exact) mass is 166 g/mol. The van der Waals surface area contributed by atoms with Crippen molar-refractivity contribution < 1.29 is 4.79 Å². The Morgan fingerprint density at radius 3 is 2.33 bits per heavy atom. The van der Waals surface area contributed by atoms with E-state index in [0.717, 1.165) is 24.8 Å². The molecule has 1 amide bonds. The van der Waals surface area contributed by atoms with E-state index < -0.39 is 5.91 Å². The summed E-state index contributed by atoms with van der Waals surface area (Å²) in [4.78, 5) is 10.7. The van der Waals surface area contributed by atoms with E-state index in [1.165, 1.54) is 0 Å². The van der Waals surface area contributed by atoms with E-state index in [9.17, 15) is 4.79 Å². The highest BCUT2D eigenvalue weighted by Gasteiger charge is 2.09. The fourth-order valence-electron chi connectivity index (χ4n) is 1.09. The topological polar surface area (TPSA) is 66.9 Å². The lowest BCUT2D eigenvalue weighted by molar-refractivity contribution is -0.114. The molecule has 0 atom stereocenters. The Kier molecular flexibility index (Phi) is 4.78. The molecular weight excluding hydrogens is 152 g/mol. The normalized spacial score (nSPS) is 11.8. The van der Waals surface area contributed by atoms with Crippen LogP contribution >= 0.6 is 0 Å². The molecule has 0 heterocycles. The molecule has 0 saturated carbocycles. The molecule has 2 N–H and O–H groups in total. The summed E-state index contributed by atoms with van der Waals surface area (Å²) in [7, 11) is 0. The number of nitriles is 1. The third-order valence-corrected chi connectivity index (χ3v) is 1.69. The molecule has 0 saturated heterocycles. The van der Waals surface area contributed by atoms with Gasteiger partial charge >= 0.3 is 0 Å². The quantitative estimate of drug-likeness (QED) is 0.508. The molecule has 0 aliphatic carbocycles. The van der Waals surface area contributed by atoms with Gasteiger partial charge in [-0.1, -0.05) is 20.3 Å². The van der Waals surface area contributed by atoms with Gasteiger partial charge in [0.05, 0.1) is 0 Å². The van der Waals surface area contributed by atoms with E-state index in [-0.39, 0.29) is 5.57 Å². The summed E-state index contributed by atoms with van der Waals surface area (Å²) in [6.07, 6.45) is 2.43. The van der Waals surface area contributed by atoms with Gasteiger partial charge < -0.3 is 5.73 Å². The Balaban J connectivity index is 4.77. The zero-order valence-corrected chi connectivity index (χ0v) is 7.55. The van der Waals surface area contributed by atoms with Crippen LogP contribution in [0.3, 0.4) is 0 Å². The molecule has 12 heavy (non-hydrogen) atoms. The smallest absolute Gasteiger partial charge is 0.259 e. The van der Waals surface area contributed by atoms with Crippen LogP contribution in [-0.2, 0) is 4.79 Å². The Morgan fingerprint density at radius 2 is 2.08 bits per heavy atom. The van der Waals surface area contributed by atoms with Gasteiger partial charge in [0.1, 0.15) is 11.6 Å². The maximum Gasteiger partial charge on any atom is 0.259 e. The Labute approximate surface area is 72.9 Å². The molecule has 0 aromatic heterocycles. The number of carbonyl (C=O) groups excluding carboxylic acids is 1. The SMILES string of the molecule is CCCC(CC)=C(C#N)C(N)=O. The van der Waals surface area contributed by atoms with Crippen molar-refractivity contribution in [3.05, 3.63) is 11.1 Å². The number of nitrogens with zero attached hydrogens (tertiary/aromatic N) is 1. The van der Waals surface area contributed by atoms with Crippen molar-refractivity contribution in [2.24, 2.45) is 5.73 Å². The van der Waals surface area contributed by atoms with Crippen LogP contribution in [0.15, 0.2) is 11.1 Å². The second kappa shape index (κ2) is 5.36. The number of nitrogens with two attached hydrogens (primary N) is 1. The number of hydrogen-bond donors (Lipinski definition) is 1. The van der Waals surface area contributed by atoms with Crippen LogP contribution in [0.5, 0.6) is 0 Å². The van der Waals surface area contributed by atoms with E-state index in [1.807, 2.05) is 19.9 Å². The van der Waals surface area contributed by atoms with Gasteiger partial charge in [-0.3, -0.25) is 4.79 Å². The molecule has 0 radical (unpaired) electrons. The molecule has 3 nitrogen and oxygen atoms in total. The number of hydrogen-bond acceptors (Lipinski definition) is 2. The Morgan fingerprint density at radius 1 is 1.50 bits per heavy atom. The molecule has 0 bridgehead atoms. The van der Waals surface area contributed by atoms with Crippen molar-refractivity contribution >= 4 is 5.91 Å². The van der Waals surface area contributed by atoms with Crippen LogP contribution in [0.4, 0.5) is 0 Å². The summed E-state index contributed by atoms with van der Waals surface area (Å²) < 4.78 is 0. The Bertz CT molecular complexity index is 235. The molecule has 0 fully saturated rings. The summed E-state index contributed by atoms with van der Waals surface area (Å²) >= 11 is 0. The van der Waals surface area contributed by atoms with Crippen LogP contribution in [0, 0.1) is 11.3 Å². The molecule has 0 aromatic carbocycles. The first-order valence-electron chi connectivity index (χ1n) is 4.09. The molecule has 0 aliphatic rings. The molecule has 66 valence electrons. The first-order chi connectivity index (χ1) is 5.67. The molecule has 0 rings (SSSR count). The van der Waals surface area contributed by atoms with Crippen molar-refractivity contribution in [3.8, 4) is 6.07 Å². The maximum absolute atomic E-state index is 10.7. The second-order valence-corrected chi connectivity index (χ2v) is 2.56. The molecule has 0 unspecified atom stereocenters. The molecule has 0 spiro atoms. The number of amides is 1. The van der Waals surface area contributed by atoms with E-state index in [4.69, 9.17) is 11.0 Å². The van der Waals surface area contributed by atoms with E-state index in [1.54, 1.807) is 0 Å². The lowest BCUT2D eigenvalue weighted by Crippen LogP contribution is -2.14. The number of carbonyl (C=O) groups is 1. The summed E-state index contributed by atoms with van der Waals surface area (Å²) in [5, 5.41) is 8.62. The van der Waals surface area contributed by atoms with Gasteiger partial charge in [-0.2, -0.15) is 5.26 Å². The Hall–Kier alpha value is -1.30. The van der Waals surface area contributed by atoms with E-state index in [0.29, 0.717) is 0 Å². The van der Waals surface area contributed by atoms with E-state index in [2.05, 4.69) is 0 Å². The predicted octanol–water partition coefficient (Wildman–Crippen LogP) is 1.50. The summed E-state index contributed by atoms with van der Waals surface area (Å²) in [6.45, 7) is 3.93. The largest absolute Gasteiger partial charge is 0.365 e. The standard InChI is InChI=1S/C9H14N2O/c1-3-5-7(4-2)8(6-10)9(11)12/h3-5H2,1-2H3,(H2,11,12). The van der Waals surface area contributed by atoms with Gasteiger partial charge in [-0.25, -0.2) is 0 Å². The number of primary amides is 1. The van der Waals surface area contributed by atoms with Crippen LogP contribution in [-0.4, -0.2) is 5.91 Å². The van der Waals surface area contributed by atoms with Crippen LogP contribution in [0.1, 0.15) is 33.1 Å². The summed E-state index contributed by atoms with van der Waals surface area (Å²) in [5.41, 5.74) is 6.04. The third kappa shape index (κ3) is 2.75. The van der Waals surface area contributed by atoms with Gasteiger partial charge in [0.25, 0.3) is 5.91 Å². The fourth-order valence-corrected chi connectivity index (χ4v) is 1.09. The van der Waals surface area contributed by atoms with Crippen molar-refractivity contribution in [1.82, 2.24) is 0 Å². The van der Waals surface area contributed by atoms with Crippen molar-refractivity contribution in [1.29, 1.82) is 5.26 Å². The fraction of sp³-hybridized carbons (Fsp3) is 0.556. The highest BCUT2D eigenvalue weighted by molar-refractivity contribution is 5.96. The molecule has 3 heteroatoms. The molecular formula is C9H14N2O. The van der Waals surface area contributed by atoms with E-state index >= 15 is 0 Å². The number of rotatable bonds is 4. The minimum absolute atomic E-state index is 0.138. The summed E-state index contributed by atoms with van der Waals surface area (Å²) in [5.74, 6) is -0.609. The van der Waals surface area contributed by atoms with Crippen molar-refractivity contribution in [2.45, 2.75) is 33.1 Å². The van der Waals surface area contributed by atoms with Gasteiger partial charge in [-0.05, 0) is 18.4 Å². The number of allylic oxidation sites excluding steroid dienone is 1. The zero-order valence-electron chi connectivity index (χ0n) is 7.55. The zero-order chi connectivity index (χ0) is 9.56. The van der Waals surface area contributed by atoms with Gasteiger partial charge in [0, 0.05) is 0 Å². The van der Waals surface area contributed by atoms with Gasteiger partial charge in [-0.15, -0.1) is 0 Å². The summed E-state index contributed by atoms with van der Waals surface area (Å²) in [6, 6.07) is 1.84. The average Bonchev–Trinajstić information content (AvgIpc) is 2.03. The minimum Gasteiger partial charge on any atom is -0.365 e. The lowest BCUT2D eigenvalue weighted by Gasteiger charge is -2.03. The third-order valence-electron chi connectivity index (χ3n) is 1.69. The molecule has 0 aromatic rings. The van der Waals surface area contributed by atoms with Gasteiger partial charge in [0.15, 0.2) is 0 Å². The highest BCUT2D eigenvalue weighted by atomic mass is 16.1. The van der Waals surface area contributed by atoms with Crippen molar-refractivity contribution in [2.75, 3.05) is 0 Å². The van der Waals surface area contributed by atoms with Crippen LogP contribution < -0.4 is 5.73 Å². The predicted molar refractivity (Wildman–Crippen MR) is 47.0 cm³/mol. The van der Waals surface area contributed by atoms with Crippen LogP contribution in [0.2, 0.25) is 0 Å². The van der Waals surface area contributed by atoms with Crippen molar-refractivity contribution in [3.63, 3.8) is 0 Å². The lowest BCUT2D eigenvalue weighted by atomic mass is 10.0. The first kappa shape index (κ1) is 10.7.